The van der Waals surface area contributed by atoms with Crippen LogP contribution < -0.4 is 0 Å². The molecule has 1 rings (SSSR count). The van der Waals surface area contributed by atoms with Gasteiger partial charge in [0.25, 0.3) is 0 Å². The Hall–Kier alpha value is -1.05. The molecule has 1 unspecified atom stereocenters. The topological polar surface area (TPSA) is 26.3 Å². The predicted octanol–water partition coefficient (Wildman–Crippen LogP) is 5.19. The quantitative estimate of drug-likeness (QED) is 0.347. The first-order chi connectivity index (χ1) is 9.65. The van der Waals surface area contributed by atoms with Gasteiger partial charge in [-0.3, -0.25) is 0 Å². The molecule has 2 heteroatoms. The second kappa shape index (κ2) is 9.79. The van der Waals surface area contributed by atoms with E-state index in [9.17, 15) is 4.79 Å². The van der Waals surface area contributed by atoms with E-state index in [-0.39, 0.29) is 5.97 Å². The lowest BCUT2D eigenvalue weighted by Crippen LogP contribution is -2.05. The number of hydrogen-bond acceptors (Lipinski definition) is 2. The molecule has 0 aromatic carbocycles. The van der Waals surface area contributed by atoms with Crippen LogP contribution in [0.25, 0.3) is 0 Å². The molecule has 0 amide bonds. The monoisotopic (exact) mass is 278 g/mol. The minimum Gasteiger partial charge on any atom is -0.463 e. The second-order valence-corrected chi connectivity index (χ2v) is 5.93. The van der Waals surface area contributed by atoms with Crippen LogP contribution in [0.4, 0.5) is 0 Å². The van der Waals surface area contributed by atoms with Gasteiger partial charge >= 0.3 is 5.97 Å². The molecule has 0 heterocycles. The van der Waals surface area contributed by atoms with E-state index in [0.717, 1.165) is 17.9 Å². The molecule has 0 fully saturated rings. The molecule has 0 aromatic heterocycles. The van der Waals surface area contributed by atoms with Gasteiger partial charge in [-0.2, -0.15) is 0 Å². The smallest absolute Gasteiger partial charge is 0.331 e. The van der Waals surface area contributed by atoms with E-state index in [4.69, 9.17) is 4.74 Å². The van der Waals surface area contributed by atoms with Crippen LogP contribution in [-0.2, 0) is 9.53 Å². The standard InChI is InChI=1S/C18H30O2/c1-4-6-7-9-15(3)12-16-10-8-11-17(13-16)14-18(19)20-5-2/h13-15H,4-12H2,1-3H3. The maximum atomic E-state index is 11.5. The third-order valence-corrected chi connectivity index (χ3v) is 3.85. The summed E-state index contributed by atoms with van der Waals surface area (Å²) >= 11 is 0. The van der Waals surface area contributed by atoms with Crippen molar-refractivity contribution in [2.24, 2.45) is 5.92 Å². The highest BCUT2D eigenvalue weighted by molar-refractivity contribution is 5.83. The Kier molecular flexibility index (Phi) is 8.32. The number of allylic oxidation sites excluding steroid dienone is 3. The summed E-state index contributed by atoms with van der Waals surface area (Å²) in [4.78, 5) is 11.5. The summed E-state index contributed by atoms with van der Waals surface area (Å²) in [6.45, 7) is 6.89. The van der Waals surface area contributed by atoms with E-state index in [1.165, 1.54) is 50.5 Å². The fourth-order valence-electron chi connectivity index (χ4n) is 2.83. The third-order valence-electron chi connectivity index (χ3n) is 3.85. The van der Waals surface area contributed by atoms with Crippen LogP contribution in [0.1, 0.15) is 72.1 Å². The highest BCUT2D eigenvalue weighted by Gasteiger charge is 2.12. The van der Waals surface area contributed by atoms with Crippen molar-refractivity contribution in [2.45, 2.75) is 72.1 Å². The van der Waals surface area contributed by atoms with Crippen LogP contribution in [-0.4, -0.2) is 12.6 Å². The first kappa shape index (κ1) is 17.0. The van der Waals surface area contributed by atoms with Crippen LogP contribution in [0.5, 0.6) is 0 Å². The van der Waals surface area contributed by atoms with E-state index in [0.29, 0.717) is 6.61 Å². The van der Waals surface area contributed by atoms with Crippen LogP contribution in [0.3, 0.4) is 0 Å². The summed E-state index contributed by atoms with van der Waals surface area (Å²) < 4.78 is 4.98. The normalized spacial score (nSPS) is 18.8. The van der Waals surface area contributed by atoms with Gasteiger partial charge in [-0.15, -0.1) is 0 Å². The number of hydrogen-bond donors (Lipinski definition) is 0. The lowest BCUT2D eigenvalue weighted by Gasteiger charge is -2.19. The number of ether oxygens (including phenoxy) is 1. The van der Waals surface area contributed by atoms with Gasteiger partial charge in [-0.1, -0.05) is 51.2 Å². The van der Waals surface area contributed by atoms with Crippen LogP contribution in [0.2, 0.25) is 0 Å². The number of rotatable bonds is 8. The lowest BCUT2D eigenvalue weighted by molar-refractivity contribution is -0.137. The number of unbranched alkanes of at least 4 members (excludes halogenated alkanes) is 2. The highest BCUT2D eigenvalue weighted by Crippen LogP contribution is 2.28. The second-order valence-electron chi connectivity index (χ2n) is 5.93. The molecule has 1 aliphatic carbocycles. The molecule has 2 nitrogen and oxygen atoms in total. The highest BCUT2D eigenvalue weighted by atomic mass is 16.5. The third kappa shape index (κ3) is 6.93. The van der Waals surface area contributed by atoms with Gasteiger partial charge in [0.05, 0.1) is 6.61 Å². The van der Waals surface area contributed by atoms with Crippen molar-refractivity contribution in [1.82, 2.24) is 0 Å². The molecule has 0 radical (unpaired) electrons. The predicted molar refractivity (Wildman–Crippen MR) is 84.6 cm³/mol. The van der Waals surface area contributed by atoms with Crippen LogP contribution in [0, 0.1) is 5.92 Å². The van der Waals surface area contributed by atoms with Crippen LogP contribution in [0.15, 0.2) is 23.3 Å². The summed E-state index contributed by atoms with van der Waals surface area (Å²) in [6, 6.07) is 0. The fraction of sp³-hybridized carbons (Fsp3) is 0.722. The molecule has 1 aliphatic rings. The van der Waals surface area contributed by atoms with Gasteiger partial charge in [-0.05, 0) is 44.1 Å². The van der Waals surface area contributed by atoms with Crippen molar-refractivity contribution in [2.75, 3.05) is 6.61 Å². The minimum atomic E-state index is -0.198. The molecular formula is C18H30O2. The van der Waals surface area contributed by atoms with Crippen molar-refractivity contribution in [3.8, 4) is 0 Å². The van der Waals surface area contributed by atoms with Crippen LogP contribution >= 0.6 is 0 Å². The number of carbonyl (C=O) groups is 1. The van der Waals surface area contributed by atoms with E-state index < -0.39 is 0 Å². The zero-order valence-electron chi connectivity index (χ0n) is 13.4. The van der Waals surface area contributed by atoms with Crippen molar-refractivity contribution in [3.63, 3.8) is 0 Å². The van der Waals surface area contributed by atoms with Crippen molar-refractivity contribution < 1.29 is 9.53 Å². The fourth-order valence-corrected chi connectivity index (χ4v) is 2.83. The maximum Gasteiger partial charge on any atom is 0.331 e. The van der Waals surface area contributed by atoms with Gasteiger partial charge < -0.3 is 4.74 Å². The average Bonchev–Trinajstić information content (AvgIpc) is 2.39. The molecule has 0 saturated heterocycles. The van der Waals surface area contributed by atoms with Gasteiger partial charge in [0.2, 0.25) is 0 Å². The van der Waals surface area contributed by atoms with Gasteiger partial charge in [0.1, 0.15) is 0 Å². The molecule has 1 atom stereocenters. The molecule has 0 spiro atoms. The summed E-state index contributed by atoms with van der Waals surface area (Å²) in [5.41, 5.74) is 2.65. The SMILES string of the molecule is CCCCCC(C)CC1=CC(=CC(=O)OCC)CCC1. The molecule has 0 aromatic rings. The van der Waals surface area contributed by atoms with E-state index in [1.54, 1.807) is 6.08 Å². The summed E-state index contributed by atoms with van der Waals surface area (Å²) in [5.74, 6) is 0.561. The first-order valence-electron chi connectivity index (χ1n) is 8.22. The van der Waals surface area contributed by atoms with Gasteiger partial charge in [-0.25, -0.2) is 4.79 Å². The summed E-state index contributed by atoms with van der Waals surface area (Å²) in [6.07, 6.45) is 13.8. The molecule has 0 saturated carbocycles. The molecule has 0 aliphatic heterocycles. The lowest BCUT2D eigenvalue weighted by atomic mass is 9.87. The Bertz CT molecular complexity index is 352. The first-order valence-corrected chi connectivity index (χ1v) is 8.22. The Morgan fingerprint density at radius 3 is 2.85 bits per heavy atom. The Morgan fingerprint density at radius 2 is 2.15 bits per heavy atom. The number of carbonyl (C=O) groups excluding carboxylic acids is 1. The Morgan fingerprint density at radius 1 is 1.35 bits per heavy atom. The van der Waals surface area contributed by atoms with Crippen molar-refractivity contribution >= 4 is 5.97 Å². The largest absolute Gasteiger partial charge is 0.463 e. The maximum absolute atomic E-state index is 11.5. The summed E-state index contributed by atoms with van der Waals surface area (Å²) in [5, 5.41) is 0. The summed E-state index contributed by atoms with van der Waals surface area (Å²) in [7, 11) is 0. The van der Waals surface area contributed by atoms with E-state index in [1.807, 2.05) is 6.92 Å². The van der Waals surface area contributed by atoms with Gasteiger partial charge in [0, 0.05) is 6.08 Å². The minimum absolute atomic E-state index is 0.198. The average molecular weight is 278 g/mol. The number of esters is 1. The molecule has 0 bridgehead atoms. The van der Waals surface area contributed by atoms with Crippen molar-refractivity contribution in [3.05, 3.63) is 23.3 Å². The Balaban J connectivity index is 2.48. The van der Waals surface area contributed by atoms with Gasteiger partial charge in [0.15, 0.2) is 0 Å². The molecule has 0 N–H and O–H groups in total. The van der Waals surface area contributed by atoms with Crippen molar-refractivity contribution in [1.29, 1.82) is 0 Å². The zero-order valence-corrected chi connectivity index (χ0v) is 13.4. The zero-order chi connectivity index (χ0) is 14.8. The Labute approximate surface area is 124 Å². The van der Waals surface area contributed by atoms with E-state index in [2.05, 4.69) is 19.9 Å². The molecular weight excluding hydrogens is 248 g/mol. The molecule has 20 heavy (non-hydrogen) atoms. The van der Waals surface area contributed by atoms with E-state index >= 15 is 0 Å². The molecule has 114 valence electrons.